The maximum atomic E-state index is 12.6. The lowest BCUT2D eigenvalue weighted by atomic mass is 10.1. The molecule has 0 fully saturated rings. The van der Waals surface area contributed by atoms with Crippen molar-refractivity contribution in [2.45, 2.75) is 27.3 Å². The van der Waals surface area contributed by atoms with Crippen LogP contribution in [0.25, 0.3) is 22.2 Å². The molecular formula is C26H30N6O. The maximum absolute atomic E-state index is 12.6. The maximum Gasteiger partial charge on any atom is 0.251 e. The number of hydrogen-bond acceptors (Lipinski definition) is 5. The number of amides is 1. The van der Waals surface area contributed by atoms with Crippen LogP contribution >= 0.6 is 0 Å². The van der Waals surface area contributed by atoms with E-state index in [1.807, 2.05) is 75.4 Å². The zero-order valence-electron chi connectivity index (χ0n) is 19.4. The highest BCUT2D eigenvalue weighted by molar-refractivity contribution is 5.99. The molecule has 7 nitrogen and oxygen atoms in total. The van der Waals surface area contributed by atoms with Crippen molar-refractivity contribution >= 4 is 40.3 Å². The summed E-state index contributed by atoms with van der Waals surface area (Å²) >= 11 is 0. The topological polar surface area (TPSA) is 108 Å². The molecule has 4 aromatic rings. The van der Waals surface area contributed by atoms with Crippen LogP contribution in [-0.2, 0) is 6.54 Å². The van der Waals surface area contributed by atoms with Crippen LogP contribution in [0.2, 0.25) is 0 Å². The fourth-order valence-electron chi connectivity index (χ4n) is 3.50. The van der Waals surface area contributed by atoms with E-state index in [1.165, 1.54) is 0 Å². The van der Waals surface area contributed by atoms with Crippen molar-refractivity contribution in [2.75, 3.05) is 18.1 Å². The number of carbonyl (C=O) groups excluding carboxylic acids is 1. The van der Waals surface area contributed by atoms with Gasteiger partial charge in [-0.3, -0.25) is 9.79 Å². The van der Waals surface area contributed by atoms with Crippen LogP contribution in [0.15, 0.2) is 65.7 Å². The van der Waals surface area contributed by atoms with E-state index in [0.717, 1.165) is 27.7 Å². The number of H-pyrrole nitrogens is 1. The van der Waals surface area contributed by atoms with E-state index in [9.17, 15) is 4.79 Å². The molecule has 0 aliphatic rings. The number of pyridine rings is 1. The molecule has 33 heavy (non-hydrogen) atoms. The second-order valence-electron chi connectivity index (χ2n) is 7.08. The van der Waals surface area contributed by atoms with Gasteiger partial charge in [0.1, 0.15) is 11.5 Å². The SMILES string of the molecule is CC.CC=Nc1c(-c2cc3cc(C(=O)NCc4ccccc4)ccc3[nH]2)cc(N)nc1NC. The molecule has 0 aliphatic carbocycles. The van der Waals surface area contributed by atoms with E-state index >= 15 is 0 Å². The molecule has 0 saturated heterocycles. The molecule has 7 heteroatoms. The lowest BCUT2D eigenvalue weighted by Crippen LogP contribution is -2.22. The van der Waals surface area contributed by atoms with Gasteiger partial charge >= 0.3 is 0 Å². The number of hydrogen-bond donors (Lipinski definition) is 4. The molecule has 0 saturated carbocycles. The van der Waals surface area contributed by atoms with Crippen LogP contribution in [0.5, 0.6) is 0 Å². The summed E-state index contributed by atoms with van der Waals surface area (Å²) < 4.78 is 0. The van der Waals surface area contributed by atoms with Gasteiger partial charge < -0.3 is 21.4 Å². The normalized spacial score (nSPS) is 10.7. The molecule has 5 N–H and O–H groups in total. The van der Waals surface area contributed by atoms with Gasteiger partial charge in [0.05, 0.1) is 0 Å². The van der Waals surface area contributed by atoms with Gasteiger partial charge in [-0.1, -0.05) is 44.2 Å². The molecule has 0 unspecified atom stereocenters. The summed E-state index contributed by atoms with van der Waals surface area (Å²) in [5.74, 6) is 0.886. The summed E-state index contributed by atoms with van der Waals surface area (Å²) in [7, 11) is 1.78. The van der Waals surface area contributed by atoms with Gasteiger partial charge in [0.2, 0.25) is 0 Å². The zero-order chi connectivity index (χ0) is 23.8. The summed E-state index contributed by atoms with van der Waals surface area (Å²) in [6, 6.07) is 19.2. The van der Waals surface area contributed by atoms with Crippen LogP contribution in [0, 0.1) is 0 Å². The van der Waals surface area contributed by atoms with Gasteiger partial charge in [-0.05, 0) is 42.8 Å². The molecule has 0 spiro atoms. The molecule has 0 aliphatic heterocycles. The third-order valence-electron chi connectivity index (χ3n) is 4.98. The molecule has 0 atom stereocenters. The third-order valence-corrected chi connectivity index (χ3v) is 4.98. The Morgan fingerprint density at radius 3 is 2.58 bits per heavy atom. The highest BCUT2D eigenvalue weighted by Crippen LogP contribution is 2.37. The number of aliphatic imine (C=N–C) groups is 1. The standard InChI is InChI=1S/C24H24N6O.C2H6/c1-3-27-22-18(13-21(25)30-23(22)26-2)20-12-17-11-16(9-10-19(17)29-20)24(31)28-14-15-7-5-4-6-8-15;1-2/h3-13,29H,14H2,1-2H3,(H,28,31)(H3,25,26,30);1-2H3. The number of benzene rings is 2. The van der Waals surface area contributed by atoms with Crippen molar-refractivity contribution in [1.82, 2.24) is 15.3 Å². The second kappa shape index (κ2) is 10.9. The van der Waals surface area contributed by atoms with Gasteiger partial charge in [-0.2, -0.15) is 0 Å². The van der Waals surface area contributed by atoms with E-state index in [4.69, 9.17) is 5.73 Å². The predicted molar refractivity (Wildman–Crippen MR) is 138 cm³/mol. The minimum Gasteiger partial charge on any atom is -0.384 e. The number of nitrogens with one attached hydrogen (secondary N) is 3. The number of nitrogens with zero attached hydrogens (tertiary/aromatic N) is 2. The Balaban J connectivity index is 0.00000149. The van der Waals surface area contributed by atoms with Gasteiger partial charge in [0.25, 0.3) is 5.91 Å². The molecule has 2 heterocycles. The second-order valence-corrected chi connectivity index (χ2v) is 7.08. The molecule has 170 valence electrons. The van der Waals surface area contributed by atoms with E-state index < -0.39 is 0 Å². The van der Waals surface area contributed by atoms with Crippen LogP contribution in [-0.4, -0.2) is 29.1 Å². The quantitative estimate of drug-likeness (QED) is 0.294. The molecule has 1 amide bonds. The number of carbonyl (C=O) groups is 1. The fourth-order valence-corrected chi connectivity index (χ4v) is 3.50. The number of fused-ring (bicyclic) bond motifs is 1. The molecule has 0 radical (unpaired) electrons. The Kier molecular flexibility index (Phi) is 7.81. The van der Waals surface area contributed by atoms with Crippen molar-refractivity contribution < 1.29 is 4.79 Å². The van der Waals surface area contributed by atoms with Crippen LogP contribution in [0.3, 0.4) is 0 Å². The Hall–Kier alpha value is -4.13. The fraction of sp³-hybridized carbons (Fsp3) is 0.192. The zero-order valence-corrected chi connectivity index (χ0v) is 19.4. The summed E-state index contributed by atoms with van der Waals surface area (Å²) in [4.78, 5) is 24.8. The smallest absolute Gasteiger partial charge is 0.251 e. The van der Waals surface area contributed by atoms with Crippen molar-refractivity contribution in [2.24, 2.45) is 4.99 Å². The Bertz CT molecular complexity index is 1260. The average molecular weight is 443 g/mol. The first-order chi connectivity index (χ1) is 16.1. The molecule has 4 rings (SSSR count). The lowest BCUT2D eigenvalue weighted by Gasteiger charge is -2.10. The minimum atomic E-state index is -0.115. The highest BCUT2D eigenvalue weighted by Gasteiger charge is 2.15. The Morgan fingerprint density at radius 2 is 1.88 bits per heavy atom. The number of nitrogen functional groups attached to an aromatic ring is 1. The predicted octanol–water partition coefficient (Wildman–Crippen LogP) is 5.53. The first-order valence-corrected chi connectivity index (χ1v) is 11.0. The van der Waals surface area contributed by atoms with E-state index in [1.54, 1.807) is 19.3 Å². The average Bonchev–Trinajstić information content (AvgIpc) is 3.28. The number of rotatable bonds is 6. The summed E-state index contributed by atoms with van der Waals surface area (Å²) in [6.07, 6.45) is 1.72. The Morgan fingerprint density at radius 1 is 1.12 bits per heavy atom. The minimum absolute atomic E-state index is 0.115. The van der Waals surface area contributed by atoms with Crippen LogP contribution in [0.1, 0.15) is 36.7 Å². The number of nitrogens with two attached hydrogens (primary N) is 1. The molecule has 0 bridgehead atoms. The van der Waals surface area contributed by atoms with Crippen molar-refractivity contribution in [3.8, 4) is 11.3 Å². The van der Waals surface area contributed by atoms with Crippen LogP contribution in [0.4, 0.5) is 17.3 Å². The van der Waals surface area contributed by atoms with Crippen molar-refractivity contribution in [1.29, 1.82) is 0 Å². The summed E-state index contributed by atoms with van der Waals surface area (Å²) in [5.41, 5.74) is 11.0. The number of aromatic amines is 1. The monoisotopic (exact) mass is 442 g/mol. The van der Waals surface area contributed by atoms with Crippen LogP contribution < -0.4 is 16.4 Å². The molecule has 2 aromatic carbocycles. The van der Waals surface area contributed by atoms with E-state index in [0.29, 0.717) is 29.4 Å². The number of anilines is 2. The van der Waals surface area contributed by atoms with Gasteiger partial charge in [0, 0.05) is 47.5 Å². The third kappa shape index (κ3) is 5.38. The first-order valence-electron chi connectivity index (χ1n) is 11.0. The van der Waals surface area contributed by atoms with Crippen molar-refractivity contribution in [3.05, 3.63) is 71.8 Å². The van der Waals surface area contributed by atoms with E-state index in [-0.39, 0.29) is 5.91 Å². The van der Waals surface area contributed by atoms with Crippen molar-refractivity contribution in [3.63, 3.8) is 0 Å². The molecule has 2 aromatic heterocycles. The largest absolute Gasteiger partial charge is 0.384 e. The summed E-state index contributed by atoms with van der Waals surface area (Å²) in [6.45, 7) is 6.34. The Labute approximate surface area is 194 Å². The first kappa shape index (κ1) is 23.5. The highest BCUT2D eigenvalue weighted by atomic mass is 16.1. The lowest BCUT2D eigenvalue weighted by molar-refractivity contribution is 0.0951. The number of aromatic nitrogens is 2. The van der Waals surface area contributed by atoms with E-state index in [2.05, 4.69) is 25.6 Å². The van der Waals surface area contributed by atoms with Gasteiger partial charge in [-0.15, -0.1) is 0 Å². The van der Waals surface area contributed by atoms with Gasteiger partial charge in [-0.25, -0.2) is 4.98 Å². The summed E-state index contributed by atoms with van der Waals surface area (Å²) in [5, 5.41) is 6.94. The van der Waals surface area contributed by atoms with Gasteiger partial charge in [0.15, 0.2) is 5.82 Å². The molecular weight excluding hydrogens is 412 g/mol.